The highest BCUT2D eigenvalue weighted by atomic mass is 16.4. The topological polar surface area (TPSA) is 141 Å². The quantitative estimate of drug-likeness (QED) is 0.385. The molecule has 30 heavy (non-hydrogen) atoms. The zero-order valence-corrected chi connectivity index (χ0v) is 16.4. The lowest BCUT2D eigenvalue weighted by Crippen LogP contribution is -2.46. The highest BCUT2D eigenvalue weighted by Gasteiger charge is 2.25. The van der Waals surface area contributed by atoms with Crippen LogP contribution in [0.5, 0.6) is 0 Å². The van der Waals surface area contributed by atoms with Gasteiger partial charge in [-0.15, -0.1) is 0 Å². The lowest BCUT2D eigenvalue weighted by atomic mass is 9.88. The Bertz CT molecular complexity index is 1400. The number of fused-ring (bicyclic) bond motifs is 2. The van der Waals surface area contributed by atoms with E-state index in [9.17, 15) is 19.8 Å². The maximum atomic E-state index is 12.0. The van der Waals surface area contributed by atoms with Crippen molar-refractivity contribution in [3.8, 4) is 22.5 Å². The minimum Gasteiger partial charge on any atom is -0.478 e. The molecule has 150 valence electrons. The van der Waals surface area contributed by atoms with E-state index in [1.165, 1.54) is 18.2 Å². The SMILES string of the molecule is Cc1c2oc3c(C)c([NH3+])ccc3c(-c3cc(C(=O)O)ccc3C(=O)O)c-2ccc1=[NH2+]. The first-order valence-electron chi connectivity index (χ1n) is 9.22. The van der Waals surface area contributed by atoms with Crippen LogP contribution in [0.1, 0.15) is 31.8 Å². The maximum Gasteiger partial charge on any atom is 0.336 e. The lowest BCUT2D eigenvalue weighted by molar-refractivity contribution is -0.255. The van der Waals surface area contributed by atoms with Crippen LogP contribution in [0.15, 0.2) is 46.9 Å². The number of carboxylic acid groups (broad SMARTS) is 2. The molecule has 2 aromatic carbocycles. The van der Waals surface area contributed by atoms with Crippen molar-refractivity contribution in [2.45, 2.75) is 13.8 Å². The predicted molar refractivity (Wildman–Crippen MR) is 109 cm³/mol. The molecule has 0 saturated heterocycles. The molecule has 2 aromatic rings. The first-order valence-corrected chi connectivity index (χ1v) is 9.22. The number of benzene rings is 3. The molecule has 4 rings (SSSR count). The predicted octanol–water partition coefficient (Wildman–Crippen LogP) is 1.75. The summed E-state index contributed by atoms with van der Waals surface area (Å²) in [5, 5.41) is 26.6. The van der Waals surface area contributed by atoms with Crippen LogP contribution in [0.3, 0.4) is 0 Å². The van der Waals surface area contributed by atoms with Gasteiger partial charge in [-0.05, 0) is 49.7 Å². The first-order chi connectivity index (χ1) is 14.2. The third-order valence-corrected chi connectivity index (χ3v) is 5.47. The lowest BCUT2D eigenvalue weighted by Gasteiger charge is -2.19. The molecule has 0 bridgehead atoms. The number of nitrogens with two attached hydrogens (primary N) is 1. The van der Waals surface area contributed by atoms with E-state index >= 15 is 0 Å². The number of hydrogen-bond donors (Lipinski definition) is 4. The van der Waals surface area contributed by atoms with Gasteiger partial charge in [-0.25, -0.2) is 9.59 Å². The summed E-state index contributed by atoms with van der Waals surface area (Å²) in [6.07, 6.45) is 0. The zero-order chi connectivity index (χ0) is 21.7. The van der Waals surface area contributed by atoms with E-state index < -0.39 is 11.9 Å². The van der Waals surface area contributed by atoms with Gasteiger partial charge in [0.1, 0.15) is 17.0 Å². The molecule has 7 heteroatoms. The van der Waals surface area contributed by atoms with Crippen LogP contribution in [0, 0.1) is 13.8 Å². The smallest absolute Gasteiger partial charge is 0.336 e. The Hall–Kier alpha value is -3.97. The van der Waals surface area contributed by atoms with Gasteiger partial charge in [-0.3, -0.25) is 5.41 Å². The number of hydrogen-bond acceptors (Lipinski definition) is 3. The van der Waals surface area contributed by atoms with Gasteiger partial charge in [-0.2, -0.15) is 0 Å². The third-order valence-electron chi connectivity index (χ3n) is 5.47. The van der Waals surface area contributed by atoms with Crippen molar-refractivity contribution in [2.75, 3.05) is 0 Å². The number of carboxylic acids is 2. The molecule has 0 radical (unpaired) electrons. The standard InChI is InChI=1S/C23H18N2O5/c1-10-17(24)7-5-14-19(15-6-8-18(25)11(2)21(15)30-20(10)14)16-9-12(22(26)27)3-4-13(16)23(28)29/h3-9,24H,25H2,1-2H3,(H,26,27)(H,28,29)/p+2. The van der Waals surface area contributed by atoms with E-state index in [-0.39, 0.29) is 11.1 Å². The van der Waals surface area contributed by atoms with Crippen LogP contribution in [0.25, 0.3) is 33.4 Å². The fourth-order valence-corrected chi connectivity index (χ4v) is 3.70. The molecule has 0 amide bonds. The van der Waals surface area contributed by atoms with Crippen molar-refractivity contribution >= 4 is 28.6 Å². The van der Waals surface area contributed by atoms with Gasteiger partial charge < -0.3 is 20.4 Å². The molecule has 1 aliphatic carbocycles. The van der Waals surface area contributed by atoms with Crippen LogP contribution >= 0.6 is 0 Å². The minimum absolute atomic E-state index is 0.000342. The molecular weight excluding hydrogens is 384 g/mol. The van der Waals surface area contributed by atoms with Gasteiger partial charge in [0.05, 0.1) is 22.3 Å². The number of aromatic carboxylic acids is 2. The largest absolute Gasteiger partial charge is 0.478 e. The molecule has 0 aromatic heterocycles. The number of rotatable bonds is 3. The molecule has 0 saturated carbocycles. The number of carbonyl (C=O) groups is 2. The van der Waals surface area contributed by atoms with Crippen molar-refractivity contribution in [2.24, 2.45) is 0 Å². The Morgan fingerprint density at radius 1 is 0.933 bits per heavy atom. The summed E-state index contributed by atoms with van der Waals surface area (Å²) >= 11 is 0. The molecule has 7 N–H and O–H groups in total. The second-order valence-corrected chi connectivity index (χ2v) is 7.23. The molecule has 0 unspecified atom stereocenters. The van der Waals surface area contributed by atoms with Crippen molar-refractivity contribution in [3.05, 3.63) is 70.1 Å². The summed E-state index contributed by atoms with van der Waals surface area (Å²) in [5.41, 5.74) is 8.40. The van der Waals surface area contributed by atoms with Gasteiger partial charge >= 0.3 is 11.9 Å². The van der Waals surface area contributed by atoms with Crippen LogP contribution in [0.4, 0.5) is 5.69 Å². The summed E-state index contributed by atoms with van der Waals surface area (Å²) in [5.74, 6) is -1.77. The normalized spacial score (nSPS) is 11.2. The van der Waals surface area contributed by atoms with E-state index in [4.69, 9.17) is 9.83 Å². The van der Waals surface area contributed by atoms with Crippen molar-refractivity contribution < 1.29 is 35.4 Å². The van der Waals surface area contributed by atoms with Crippen molar-refractivity contribution in [3.63, 3.8) is 0 Å². The molecule has 1 heterocycles. The van der Waals surface area contributed by atoms with Gasteiger partial charge in [-0.1, -0.05) is 0 Å². The molecule has 7 nitrogen and oxygen atoms in total. The number of aryl methyl sites for hydroxylation is 1. The van der Waals surface area contributed by atoms with Crippen LogP contribution in [0.2, 0.25) is 0 Å². The fourth-order valence-electron chi connectivity index (χ4n) is 3.70. The fraction of sp³-hybridized carbons (Fsp3) is 0.0870. The number of quaternary nitrogens is 1. The van der Waals surface area contributed by atoms with Crippen molar-refractivity contribution in [1.82, 2.24) is 0 Å². The summed E-state index contributed by atoms with van der Waals surface area (Å²) < 4.78 is 6.23. The Labute approximate surface area is 170 Å². The van der Waals surface area contributed by atoms with E-state index in [1.807, 2.05) is 26.0 Å². The van der Waals surface area contributed by atoms with Gasteiger partial charge in [0.2, 0.25) is 5.36 Å². The second kappa shape index (κ2) is 6.82. The van der Waals surface area contributed by atoms with Crippen LogP contribution in [-0.4, -0.2) is 22.2 Å². The molecule has 0 fully saturated rings. The summed E-state index contributed by atoms with van der Waals surface area (Å²) in [7, 11) is 0. The average molecular weight is 404 g/mol. The summed E-state index contributed by atoms with van der Waals surface area (Å²) in [4.78, 5) is 23.6. The Balaban J connectivity index is 2.28. The Kier molecular flexibility index (Phi) is 4.40. The van der Waals surface area contributed by atoms with E-state index in [1.54, 1.807) is 12.1 Å². The van der Waals surface area contributed by atoms with Crippen LogP contribution < -0.4 is 16.5 Å². The average Bonchev–Trinajstić information content (AvgIpc) is 2.72. The highest BCUT2D eigenvalue weighted by Crippen LogP contribution is 2.43. The van der Waals surface area contributed by atoms with E-state index in [0.29, 0.717) is 38.8 Å². The maximum absolute atomic E-state index is 12.0. The molecule has 0 spiro atoms. The Morgan fingerprint density at radius 3 is 2.33 bits per heavy atom. The summed E-state index contributed by atoms with van der Waals surface area (Å²) in [6.45, 7) is 3.70. The van der Waals surface area contributed by atoms with Gasteiger partial charge in [0.15, 0.2) is 0 Å². The highest BCUT2D eigenvalue weighted by molar-refractivity contribution is 6.09. The van der Waals surface area contributed by atoms with Crippen molar-refractivity contribution in [1.29, 1.82) is 0 Å². The third kappa shape index (κ3) is 2.84. The monoisotopic (exact) mass is 404 g/mol. The molecule has 2 aliphatic rings. The molecule has 0 atom stereocenters. The first kappa shape index (κ1) is 19.4. The second-order valence-electron chi connectivity index (χ2n) is 7.23. The molecule has 1 aliphatic heterocycles. The van der Waals surface area contributed by atoms with Gasteiger partial charge in [0, 0.05) is 28.6 Å². The van der Waals surface area contributed by atoms with E-state index in [0.717, 1.165) is 16.8 Å². The Morgan fingerprint density at radius 2 is 1.67 bits per heavy atom. The zero-order valence-electron chi connectivity index (χ0n) is 16.4. The van der Waals surface area contributed by atoms with Crippen LogP contribution in [-0.2, 0) is 0 Å². The van der Waals surface area contributed by atoms with Gasteiger partial charge in [0.25, 0.3) is 0 Å². The molecular formula is C23H20N2O5+2. The van der Waals surface area contributed by atoms with E-state index in [2.05, 4.69) is 5.73 Å². The minimum atomic E-state index is -1.15. The summed E-state index contributed by atoms with van der Waals surface area (Å²) in [6, 6.07) is 11.1.